The number of allylic oxidation sites excluding steroid dienone is 4. The van der Waals surface area contributed by atoms with Gasteiger partial charge in [-0.2, -0.15) is 0 Å². The first-order valence-electron chi connectivity index (χ1n) is 9.91. The number of anilines is 1. The fourth-order valence-electron chi connectivity index (χ4n) is 3.41. The third kappa shape index (κ3) is 5.02. The number of ether oxygens (including phenoxy) is 2. The van der Waals surface area contributed by atoms with E-state index in [1.54, 1.807) is 24.0 Å². The van der Waals surface area contributed by atoms with Crippen LogP contribution in [0.3, 0.4) is 0 Å². The first-order chi connectivity index (χ1) is 14.7. The Morgan fingerprint density at radius 3 is 2.52 bits per heavy atom. The van der Waals surface area contributed by atoms with E-state index in [9.17, 15) is 13.2 Å². The zero-order chi connectivity index (χ0) is 23.2. The minimum absolute atomic E-state index is 0.00741. The number of hydrogen-bond donors (Lipinski definition) is 0. The Hall–Kier alpha value is -3.00. The second-order valence-corrected chi connectivity index (χ2v) is 8.77. The van der Waals surface area contributed by atoms with Gasteiger partial charge in [-0.15, -0.1) is 0 Å². The Kier molecular flexibility index (Phi) is 8.10. The van der Waals surface area contributed by atoms with Gasteiger partial charge < -0.3 is 14.4 Å². The summed E-state index contributed by atoms with van der Waals surface area (Å²) in [7, 11) is -1.16. The molecule has 0 saturated carbocycles. The first-order valence-corrected chi connectivity index (χ1v) is 11.3. The van der Waals surface area contributed by atoms with Crippen LogP contribution in [0.15, 0.2) is 65.3 Å². The summed E-state index contributed by atoms with van der Waals surface area (Å²) < 4.78 is 38.7. The Morgan fingerprint density at radius 2 is 1.97 bits per heavy atom. The summed E-state index contributed by atoms with van der Waals surface area (Å²) in [5.41, 5.74) is 2.10. The smallest absolute Gasteiger partial charge is 0.264 e. The minimum atomic E-state index is -4.08. The molecule has 0 saturated heterocycles. The van der Waals surface area contributed by atoms with E-state index in [0.717, 1.165) is 22.0 Å². The van der Waals surface area contributed by atoms with Crippen LogP contribution in [0.2, 0.25) is 0 Å². The Morgan fingerprint density at radius 1 is 1.26 bits per heavy atom. The van der Waals surface area contributed by atoms with Gasteiger partial charge in [0, 0.05) is 18.3 Å². The molecule has 7 nitrogen and oxygen atoms in total. The number of carbonyl (C=O) groups excluding carboxylic acids is 1. The van der Waals surface area contributed by atoms with Crippen molar-refractivity contribution < 1.29 is 22.7 Å². The first kappa shape index (κ1) is 24.3. The number of hydrogen-bond acceptors (Lipinski definition) is 5. The topological polar surface area (TPSA) is 76.2 Å². The van der Waals surface area contributed by atoms with E-state index in [0.29, 0.717) is 18.0 Å². The van der Waals surface area contributed by atoms with Gasteiger partial charge in [0.2, 0.25) is 5.91 Å². The average Bonchev–Trinajstić information content (AvgIpc) is 3.12. The van der Waals surface area contributed by atoms with Crippen LogP contribution in [0.5, 0.6) is 11.5 Å². The average molecular weight is 447 g/mol. The Balaban J connectivity index is 2.60. The molecule has 8 heteroatoms. The lowest BCUT2D eigenvalue weighted by Crippen LogP contribution is -2.42. The van der Waals surface area contributed by atoms with Gasteiger partial charge in [0.15, 0.2) is 0 Å². The summed E-state index contributed by atoms with van der Waals surface area (Å²) in [6.07, 6.45) is 7.17. The summed E-state index contributed by atoms with van der Waals surface area (Å²) in [5.74, 6) is 0.409. The van der Waals surface area contributed by atoms with Gasteiger partial charge >= 0.3 is 0 Å². The van der Waals surface area contributed by atoms with Crippen molar-refractivity contribution in [2.75, 3.05) is 31.6 Å². The summed E-state index contributed by atoms with van der Waals surface area (Å²) >= 11 is 0. The molecule has 1 aliphatic heterocycles. The number of sulfonamides is 1. The summed E-state index contributed by atoms with van der Waals surface area (Å²) in [6, 6.07) is 4.81. The molecule has 0 spiro atoms. The largest absolute Gasteiger partial charge is 0.497 e. The van der Waals surface area contributed by atoms with E-state index in [4.69, 9.17) is 9.47 Å². The molecule has 1 aromatic rings. The highest BCUT2D eigenvalue weighted by atomic mass is 32.2. The van der Waals surface area contributed by atoms with Crippen LogP contribution in [0.25, 0.3) is 0 Å². The van der Waals surface area contributed by atoms with Crippen LogP contribution >= 0.6 is 0 Å². The number of methoxy groups -OCH3 is 2. The predicted molar refractivity (Wildman–Crippen MR) is 124 cm³/mol. The van der Waals surface area contributed by atoms with Crippen LogP contribution < -0.4 is 13.8 Å². The monoisotopic (exact) mass is 446 g/mol. The van der Waals surface area contributed by atoms with Gasteiger partial charge in [-0.25, -0.2) is 8.42 Å². The van der Waals surface area contributed by atoms with Crippen molar-refractivity contribution in [2.24, 2.45) is 0 Å². The van der Waals surface area contributed by atoms with E-state index in [2.05, 4.69) is 6.58 Å². The van der Waals surface area contributed by atoms with Crippen LogP contribution in [0, 0.1) is 0 Å². The molecule has 0 bridgehead atoms. The van der Waals surface area contributed by atoms with Gasteiger partial charge in [0.25, 0.3) is 10.0 Å². The molecule has 0 aromatic heterocycles. The molecule has 31 heavy (non-hydrogen) atoms. The predicted octanol–water partition coefficient (Wildman–Crippen LogP) is 4.01. The highest BCUT2D eigenvalue weighted by molar-refractivity contribution is 7.96. The molecule has 2 rings (SSSR count). The molecule has 1 amide bonds. The van der Waals surface area contributed by atoms with Crippen molar-refractivity contribution in [2.45, 2.75) is 27.2 Å². The maximum absolute atomic E-state index is 13.5. The van der Waals surface area contributed by atoms with E-state index < -0.39 is 16.6 Å². The molecular weight excluding hydrogens is 416 g/mol. The molecule has 0 radical (unpaired) electrons. The van der Waals surface area contributed by atoms with Gasteiger partial charge in [-0.05, 0) is 57.0 Å². The number of nitrogens with zero attached hydrogens (tertiary/aromatic N) is 2. The molecule has 0 unspecified atom stereocenters. The van der Waals surface area contributed by atoms with Crippen molar-refractivity contribution in [3.8, 4) is 11.5 Å². The molecule has 0 fully saturated rings. The second kappa shape index (κ2) is 10.3. The summed E-state index contributed by atoms with van der Waals surface area (Å²) in [5, 5.41) is 0. The maximum atomic E-state index is 13.5. The van der Waals surface area contributed by atoms with Crippen molar-refractivity contribution in [3.05, 3.63) is 65.3 Å². The summed E-state index contributed by atoms with van der Waals surface area (Å²) in [4.78, 5) is 14.9. The number of amides is 1. The minimum Gasteiger partial charge on any atom is -0.497 e. The Bertz CT molecular complexity index is 1040. The van der Waals surface area contributed by atoms with Gasteiger partial charge in [0.1, 0.15) is 18.0 Å². The van der Waals surface area contributed by atoms with Crippen LogP contribution in [-0.2, 0) is 14.8 Å². The van der Waals surface area contributed by atoms with Crippen molar-refractivity contribution in [1.82, 2.24) is 4.90 Å². The van der Waals surface area contributed by atoms with Crippen LogP contribution in [0.1, 0.15) is 27.2 Å². The highest BCUT2D eigenvalue weighted by Gasteiger charge is 2.33. The standard InChI is InChI=1S/C23H30N2O5S/c1-7-10-20-17(4)13-14-24(20)23(26)16-25(31(27,28)19(8-2)9-3)21-15-18(29-5)11-12-22(21)30-6/h7-12,15H,2,13-14,16H2,1,3-6H3/b10-7-,19-9+. The van der Waals surface area contributed by atoms with Crippen molar-refractivity contribution in [3.63, 3.8) is 0 Å². The van der Waals surface area contributed by atoms with Gasteiger partial charge in [-0.3, -0.25) is 9.10 Å². The van der Waals surface area contributed by atoms with E-state index in [-0.39, 0.29) is 16.5 Å². The van der Waals surface area contributed by atoms with Crippen LogP contribution in [0.4, 0.5) is 5.69 Å². The quantitative estimate of drug-likeness (QED) is 0.536. The SMILES string of the molecule is C=C/C(=C\C)S(=O)(=O)N(CC(=O)N1CCC(C)=C1/C=C\C)c1cc(OC)ccc1OC. The van der Waals surface area contributed by atoms with E-state index in [1.165, 1.54) is 32.4 Å². The molecule has 0 aliphatic carbocycles. The van der Waals surface area contributed by atoms with E-state index >= 15 is 0 Å². The zero-order valence-corrected chi connectivity index (χ0v) is 19.5. The highest BCUT2D eigenvalue weighted by Crippen LogP contribution is 2.36. The van der Waals surface area contributed by atoms with E-state index in [1.807, 2.05) is 26.0 Å². The maximum Gasteiger partial charge on any atom is 0.264 e. The van der Waals surface area contributed by atoms with Crippen LogP contribution in [-0.4, -0.2) is 46.5 Å². The molecule has 1 aromatic carbocycles. The number of carbonyl (C=O) groups is 1. The zero-order valence-electron chi connectivity index (χ0n) is 18.7. The molecule has 1 heterocycles. The normalized spacial score (nSPS) is 14.9. The molecular formula is C23H30N2O5S. The van der Waals surface area contributed by atoms with Crippen molar-refractivity contribution >= 4 is 21.6 Å². The molecule has 1 aliphatic rings. The lowest BCUT2D eigenvalue weighted by Gasteiger charge is -2.28. The molecule has 168 valence electrons. The van der Waals surface area contributed by atoms with Gasteiger partial charge in [0.05, 0.1) is 24.8 Å². The molecule has 0 N–H and O–H groups in total. The lowest BCUT2D eigenvalue weighted by molar-refractivity contribution is -0.127. The molecule has 0 atom stereocenters. The van der Waals surface area contributed by atoms with Gasteiger partial charge in [-0.1, -0.05) is 18.7 Å². The second-order valence-electron chi connectivity index (χ2n) is 6.91. The summed E-state index contributed by atoms with van der Waals surface area (Å²) in [6.45, 7) is 9.17. The fourth-order valence-corrected chi connectivity index (χ4v) is 4.85. The third-order valence-electron chi connectivity index (χ3n) is 5.07. The van der Waals surface area contributed by atoms with Crippen molar-refractivity contribution in [1.29, 1.82) is 0 Å². The number of rotatable bonds is 9. The number of benzene rings is 1. The fraction of sp³-hybridized carbons (Fsp3) is 0.348. The third-order valence-corrected chi connectivity index (χ3v) is 6.98. The lowest BCUT2D eigenvalue weighted by atomic mass is 10.2. The Labute approximate surface area is 185 Å².